The Morgan fingerprint density at radius 3 is 3.00 bits per heavy atom. The standard InChI is InChI=1S/C14H17NO3/c16-9-15-13(14(17)18)8-11-6-3-5-10-4-1-2-7-12(10)11/h1-2,4,7,9,11,13H,3,5-6,8H2,(H,15,16)(H,17,18). The Morgan fingerprint density at radius 1 is 1.50 bits per heavy atom. The van der Waals surface area contributed by atoms with Gasteiger partial charge >= 0.3 is 5.97 Å². The van der Waals surface area contributed by atoms with Crippen molar-refractivity contribution in [3.05, 3.63) is 35.4 Å². The average Bonchev–Trinajstić information content (AvgIpc) is 2.38. The van der Waals surface area contributed by atoms with E-state index in [1.807, 2.05) is 12.1 Å². The van der Waals surface area contributed by atoms with Crippen LogP contribution in [0.4, 0.5) is 0 Å². The molecule has 2 rings (SSSR count). The molecule has 2 atom stereocenters. The normalized spacial score (nSPS) is 19.7. The van der Waals surface area contributed by atoms with E-state index in [4.69, 9.17) is 5.11 Å². The second-order valence-electron chi connectivity index (χ2n) is 4.70. The number of nitrogens with one attached hydrogen (secondary N) is 1. The number of rotatable bonds is 5. The smallest absolute Gasteiger partial charge is 0.326 e. The average molecular weight is 247 g/mol. The number of carboxylic acids is 1. The van der Waals surface area contributed by atoms with E-state index < -0.39 is 12.0 Å². The van der Waals surface area contributed by atoms with Crippen LogP contribution in [0.15, 0.2) is 24.3 Å². The SMILES string of the molecule is O=CNC(CC1CCCc2ccccc21)C(=O)O. The zero-order valence-electron chi connectivity index (χ0n) is 10.1. The van der Waals surface area contributed by atoms with Gasteiger partial charge in [-0.2, -0.15) is 0 Å². The zero-order valence-corrected chi connectivity index (χ0v) is 10.1. The molecule has 1 aliphatic carbocycles. The lowest BCUT2D eigenvalue weighted by molar-refractivity contribution is -0.140. The van der Waals surface area contributed by atoms with Gasteiger partial charge in [-0.3, -0.25) is 4.79 Å². The molecule has 0 aliphatic heterocycles. The molecular formula is C14H17NO3. The van der Waals surface area contributed by atoms with Gasteiger partial charge < -0.3 is 10.4 Å². The van der Waals surface area contributed by atoms with Gasteiger partial charge in [0.15, 0.2) is 0 Å². The molecule has 4 heteroatoms. The fourth-order valence-electron chi connectivity index (χ4n) is 2.71. The fraction of sp³-hybridized carbons (Fsp3) is 0.429. The summed E-state index contributed by atoms with van der Waals surface area (Å²) in [6, 6.07) is 7.38. The highest BCUT2D eigenvalue weighted by Crippen LogP contribution is 2.34. The predicted molar refractivity (Wildman–Crippen MR) is 67.4 cm³/mol. The molecule has 0 heterocycles. The summed E-state index contributed by atoms with van der Waals surface area (Å²) in [7, 11) is 0. The third-order valence-electron chi connectivity index (χ3n) is 3.58. The van der Waals surface area contributed by atoms with E-state index in [1.54, 1.807) is 0 Å². The van der Waals surface area contributed by atoms with Gasteiger partial charge in [0.2, 0.25) is 6.41 Å². The van der Waals surface area contributed by atoms with E-state index in [-0.39, 0.29) is 5.92 Å². The first kappa shape index (κ1) is 12.6. The number of amides is 1. The molecule has 1 aromatic rings. The van der Waals surface area contributed by atoms with Gasteiger partial charge in [-0.1, -0.05) is 24.3 Å². The third-order valence-corrected chi connectivity index (χ3v) is 3.58. The van der Waals surface area contributed by atoms with Crippen LogP contribution < -0.4 is 5.32 Å². The van der Waals surface area contributed by atoms with Crippen LogP contribution in [0.2, 0.25) is 0 Å². The van der Waals surface area contributed by atoms with E-state index in [2.05, 4.69) is 17.4 Å². The number of hydrogen-bond acceptors (Lipinski definition) is 2. The number of aryl methyl sites for hydroxylation is 1. The molecule has 0 bridgehead atoms. The summed E-state index contributed by atoms with van der Waals surface area (Å²) >= 11 is 0. The molecule has 1 aliphatic rings. The fourth-order valence-corrected chi connectivity index (χ4v) is 2.71. The molecule has 0 aromatic heterocycles. The van der Waals surface area contributed by atoms with Gasteiger partial charge in [-0.05, 0) is 42.7 Å². The quantitative estimate of drug-likeness (QED) is 0.778. The number of carbonyl (C=O) groups is 2. The van der Waals surface area contributed by atoms with Crippen LogP contribution in [0.1, 0.15) is 36.3 Å². The second-order valence-corrected chi connectivity index (χ2v) is 4.70. The number of carbonyl (C=O) groups excluding carboxylic acids is 1. The summed E-state index contributed by atoms with van der Waals surface area (Å²) in [5, 5.41) is 11.4. The van der Waals surface area contributed by atoms with E-state index in [0.29, 0.717) is 12.8 Å². The van der Waals surface area contributed by atoms with Crippen molar-refractivity contribution in [3.63, 3.8) is 0 Å². The minimum atomic E-state index is -0.967. The lowest BCUT2D eigenvalue weighted by atomic mass is 9.79. The van der Waals surface area contributed by atoms with Crippen LogP contribution in [0, 0.1) is 0 Å². The first-order valence-electron chi connectivity index (χ1n) is 6.22. The van der Waals surface area contributed by atoms with E-state index in [0.717, 1.165) is 19.3 Å². The molecule has 0 radical (unpaired) electrons. The highest BCUT2D eigenvalue weighted by Gasteiger charge is 2.26. The summed E-state index contributed by atoms with van der Waals surface area (Å²) in [5.41, 5.74) is 2.55. The number of aliphatic carboxylic acids is 1. The van der Waals surface area contributed by atoms with Crippen LogP contribution in [0.3, 0.4) is 0 Å². The Morgan fingerprint density at radius 2 is 2.28 bits per heavy atom. The maximum Gasteiger partial charge on any atom is 0.326 e. The highest BCUT2D eigenvalue weighted by atomic mass is 16.4. The Bertz CT molecular complexity index is 444. The number of fused-ring (bicyclic) bond motifs is 1. The maximum absolute atomic E-state index is 11.1. The van der Waals surface area contributed by atoms with Gasteiger partial charge in [0, 0.05) is 0 Å². The Balaban J connectivity index is 2.15. The van der Waals surface area contributed by atoms with Crippen molar-refractivity contribution in [1.82, 2.24) is 5.32 Å². The number of benzene rings is 1. The highest BCUT2D eigenvalue weighted by molar-refractivity contribution is 5.76. The van der Waals surface area contributed by atoms with Crippen molar-refractivity contribution in [3.8, 4) is 0 Å². The van der Waals surface area contributed by atoms with Crippen molar-refractivity contribution in [2.45, 2.75) is 37.6 Å². The topological polar surface area (TPSA) is 66.4 Å². The summed E-state index contributed by atoms with van der Waals surface area (Å²) in [5.74, 6) is -0.742. The summed E-state index contributed by atoms with van der Waals surface area (Å²) in [4.78, 5) is 21.5. The van der Waals surface area contributed by atoms with Crippen LogP contribution in [0.5, 0.6) is 0 Å². The Hall–Kier alpha value is -1.84. The van der Waals surface area contributed by atoms with E-state index in [9.17, 15) is 9.59 Å². The molecule has 96 valence electrons. The minimum absolute atomic E-state index is 0.225. The third kappa shape index (κ3) is 2.70. The van der Waals surface area contributed by atoms with Crippen molar-refractivity contribution >= 4 is 12.4 Å². The molecule has 4 nitrogen and oxygen atoms in total. The lowest BCUT2D eigenvalue weighted by Gasteiger charge is -2.27. The molecule has 2 unspecified atom stereocenters. The first-order valence-corrected chi connectivity index (χ1v) is 6.22. The molecule has 0 fully saturated rings. The Labute approximate surface area is 106 Å². The van der Waals surface area contributed by atoms with Crippen molar-refractivity contribution in [2.75, 3.05) is 0 Å². The lowest BCUT2D eigenvalue weighted by Crippen LogP contribution is -2.37. The van der Waals surface area contributed by atoms with Gasteiger partial charge in [-0.15, -0.1) is 0 Å². The molecule has 0 spiro atoms. The molecule has 18 heavy (non-hydrogen) atoms. The van der Waals surface area contributed by atoms with Gasteiger partial charge in [0.25, 0.3) is 0 Å². The molecule has 2 N–H and O–H groups in total. The van der Waals surface area contributed by atoms with Crippen LogP contribution in [-0.4, -0.2) is 23.5 Å². The van der Waals surface area contributed by atoms with Crippen molar-refractivity contribution < 1.29 is 14.7 Å². The molecule has 0 saturated heterocycles. The zero-order chi connectivity index (χ0) is 13.0. The van der Waals surface area contributed by atoms with Gasteiger partial charge in [-0.25, -0.2) is 4.79 Å². The maximum atomic E-state index is 11.1. The molecule has 0 saturated carbocycles. The second kappa shape index (κ2) is 5.67. The van der Waals surface area contributed by atoms with Crippen LogP contribution >= 0.6 is 0 Å². The van der Waals surface area contributed by atoms with E-state index in [1.165, 1.54) is 11.1 Å². The van der Waals surface area contributed by atoms with E-state index >= 15 is 0 Å². The first-order chi connectivity index (χ1) is 8.72. The van der Waals surface area contributed by atoms with Gasteiger partial charge in [0.05, 0.1) is 0 Å². The summed E-state index contributed by atoms with van der Waals surface area (Å²) in [6.07, 6.45) is 4.06. The van der Waals surface area contributed by atoms with Crippen molar-refractivity contribution in [2.24, 2.45) is 0 Å². The molecule has 1 aromatic carbocycles. The van der Waals surface area contributed by atoms with Gasteiger partial charge in [0.1, 0.15) is 6.04 Å². The number of hydrogen-bond donors (Lipinski definition) is 2. The summed E-state index contributed by atoms with van der Waals surface area (Å²) in [6.45, 7) is 0. The van der Waals surface area contributed by atoms with Crippen LogP contribution in [0.25, 0.3) is 0 Å². The number of carboxylic acid groups (broad SMARTS) is 1. The largest absolute Gasteiger partial charge is 0.480 e. The summed E-state index contributed by atoms with van der Waals surface area (Å²) < 4.78 is 0. The minimum Gasteiger partial charge on any atom is -0.480 e. The van der Waals surface area contributed by atoms with Crippen LogP contribution in [-0.2, 0) is 16.0 Å². The predicted octanol–water partition coefficient (Wildman–Crippen LogP) is 1.70. The molecular weight excluding hydrogens is 230 g/mol. The monoisotopic (exact) mass is 247 g/mol. The van der Waals surface area contributed by atoms with Crippen molar-refractivity contribution in [1.29, 1.82) is 0 Å². The Kier molecular flexibility index (Phi) is 3.97. The molecule has 1 amide bonds.